The van der Waals surface area contributed by atoms with Crippen LogP contribution in [0.3, 0.4) is 0 Å². The van der Waals surface area contributed by atoms with Crippen molar-refractivity contribution in [2.24, 2.45) is 0 Å². The Morgan fingerprint density at radius 3 is 0.972 bits per heavy atom. The van der Waals surface area contributed by atoms with Gasteiger partial charge in [-0.25, -0.2) is 0 Å². The first-order chi connectivity index (χ1) is 35.0. The molecule has 0 aromatic carbocycles. The fourth-order valence-electron chi connectivity index (χ4n) is 7.39. The maximum atomic E-state index is 12.9. The van der Waals surface area contributed by atoms with Gasteiger partial charge in [-0.05, 0) is 122 Å². The van der Waals surface area contributed by atoms with Crippen LogP contribution < -0.4 is 0 Å². The first-order valence-electron chi connectivity index (χ1n) is 28.7. The molecule has 0 fully saturated rings. The standard InChI is InChI=1S/C65H104O6/c1-4-7-10-13-16-19-22-25-28-31-33-35-37-40-43-46-49-52-55-58-64(67)70-61-62(60-69-63(66)57-54-51-48-45-42-39-36-30-27-24-21-18-15-12-9-6-3)71-65(68)59-56-53-50-47-44-41-38-34-32-29-26-23-20-17-14-11-8-5-2/h7,9-10,12,16,18-19,21,25,27-28,30,33-35,38-40,42-43,49,52,62H,4-6,8,11,13-15,17,20,22-24,26,29,31-32,36-37,41,44-48,50-51,53-61H2,1-3H3/b10-7-,12-9-,19-16-,21-18-,28-25-,30-27-,35-33-,38-34-,42-39-,43-40-,52-49-. The van der Waals surface area contributed by atoms with E-state index in [9.17, 15) is 14.4 Å². The van der Waals surface area contributed by atoms with Gasteiger partial charge in [0.25, 0.3) is 0 Å². The molecule has 6 nitrogen and oxygen atoms in total. The van der Waals surface area contributed by atoms with Crippen LogP contribution in [0.4, 0.5) is 0 Å². The molecule has 0 bridgehead atoms. The molecular weight excluding hydrogens is 877 g/mol. The van der Waals surface area contributed by atoms with E-state index in [1.807, 2.05) is 12.2 Å². The Morgan fingerprint density at radius 1 is 0.296 bits per heavy atom. The van der Waals surface area contributed by atoms with E-state index in [2.05, 4.69) is 142 Å². The van der Waals surface area contributed by atoms with E-state index in [1.165, 1.54) is 70.6 Å². The number of hydrogen-bond acceptors (Lipinski definition) is 6. The zero-order valence-electron chi connectivity index (χ0n) is 45.7. The van der Waals surface area contributed by atoms with Crippen molar-refractivity contribution >= 4 is 17.9 Å². The maximum Gasteiger partial charge on any atom is 0.306 e. The van der Waals surface area contributed by atoms with Crippen molar-refractivity contribution in [1.82, 2.24) is 0 Å². The summed E-state index contributed by atoms with van der Waals surface area (Å²) in [6.45, 7) is 6.31. The Bertz CT molecular complexity index is 1550. The molecule has 0 aliphatic carbocycles. The molecule has 0 aromatic rings. The molecule has 0 N–H and O–H groups in total. The highest BCUT2D eigenvalue weighted by atomic mass is 16.6. The molecule has 0 saturated heterocycles. The van der Waals surface area contributed by atoms with E-state index >= 15 is 0 Å². The summed E-state index contributed by atoms with van der Waals surface area (Å²) in [5.41, 5.74) is 0. The fraction of sp³-hybridized carbons (Fsp3) is 0.615. The van der Waals surface area contributed by atoms with Crippen LogP contribution in [-0.2, 0) is 28.6 Å². The van der Waals surface area contributed by atoms with Crippen LogP contribution in [0.2, 0.25) is 0 Å². The van der Waals surface area contributed by atoms with E-state index in [0.717, 1.165) is 122 Å². The van der Waals surface area contributed by atoms with Crippen LogP contribution in [0.1, 0.15) is 239 Å². The summed E-state index contributed by atoms with van der Waals surface area (Å²) in [4.78, 5) is 38.1. The monoisotopic (exact) mass is 981 g/mol. The number of esters is 3. The summed E-state index contributed by atoms with van der Waals surface area (Å²) in [7, 11) is 0. The number of hydrogen-bond donors (Lipinski definition) is 0. The smallest absolute Gasteiger partial charge is 0.306 e. The molecule has 1 atom stereocenters. The first kappa shape index (κ1) is 66.6. The molecule has 400 valence electrons. The van der Waals surface area contributed by atoms with Crippen LogP contribution in [0.5, 0.6) is 0 Å². The number of carbonyl (C=O) groups excluding carboxylic acids is 3. The lowest BCUT2D eigenvalue weighted by Gasteiger charge is -2.18. The predicted molar refractivity (Wildman–Crippen MR) is 306 cm³/mol. The van der Waals surface area contributed by atoms with E-state index < -0.39 is 6.10 Å². The van der Waals surface area contributed by atoms with Gasteiger partial charge in [0.2, 0.25) is 0 Å². The Kier molecular flexibility index (Phi) is 54.5. The summed E-state index contributed by atoms with van der Waals surface area (Å²) >= 11 is 0. The lowest BCUT2D eigenvalue weighted by molar-refractivity contribution is -0.166. The van der Waals surface area contributed by atoms with Crippen molar-refractivity contribution in [3.05, 3.63) is 134 Å². The Morgan fingerprint density at radius 2 is 0.577 bits per heavy atom. The molecule has 6 heteroatoms. The molecule has 0 saturated carbocycles. The topological polar surface area (TPSA) is 78.9 Å². The summed E-state index contributed by atoms with van der Waals surface area (Å²) in [5, 5.41) is 0. The SMILES string of the molecule is CC/C=C\C/C=C\C/C=C\C/C=C\C/C=C\C/C=C\CCC(=O)OCC(COC(=O)CCCCC/C=C\C/C=C\C/C=C\C/C=C\CC)OC(=O)CCCCCCC/C=C\CCCCCCCCCCC. The van der Waals surface area contributed by atoms with Gasteiger partial charge in [-0.1, -0.05) is 231 Å². The maximum absolute atomic E-state index is 12.9. The van der Waals surface area contributed by atoms with Gasteiger partial charge < -0.3 is 14.2 Å². The molecule has 0 amide bonds. The third-order valence-electron chi connectivity index (χ3n) is 11.6. The molecular formula is C65H104O6. The van der Waals surface area contributed by atoms with Crippen molar-refractivity contribution in [3.8, 4) is 0 Å². The summed E-state index contributed by atoms with van der Waals surface area (Å²) in [6, 6.07) is 0. The first-order valence-corrected chi connectivity index (χ1v) is 28.7. The van der Waals surface area contributed by atoms with Crippen LogP contribution in [0.15, 0.2) is 134 Å². The number of rotatable bonds is 50. The third-order valence-corrected chi connectivity index (χ3v) is 11.6. The molecule has 1 unspecified atom stereocenters. The van der Waals surface area contributed by atoms with Crippen molar-refractivity contribution in [2.75, 3.05) is 13.2 Å². The number of unbranched alkanes of at least 4 members (excludes halogenated alkanes) is 17. The normalized spacial score (nSPS) is 13.1. The highest BCUT2D eigenvalue weighted by molar-refractivity contribution is 5.71. The van der Waals surface area contributed by atoms with Crippen LogP contribution in [0.25, 0.3) is 0 Å². The highest BCUT2D eigenvalue weighted by Gasteiger charge is 2.19. The van der Waals surface area contributed by atoms with Crippen molar-refractivity contribution < 1.29 is 28.6 Å². The Hall–Kier alpha value is -4.45. The van der Waals surface area contributed by atoms with Crippen molar-refractivity contribution in [1.29, 1.82) is 0 Å². The van der Waals surface area contributed by atoms with Gasteiger partial charge in [0.05, 0.1) is 0 Å². The number of ether oxygens (including phenoxy) is 3. The van der Waals surface area contributed by atoms with E-state index in [0.29, 0.717) is 19.3 Å². The molecule has 0 aromatic heterocycles. The van der Waals surface area contributed by atoms with Crippen molar-refractivity contribution in [2.45, 2.75) is 245 Å². The predicted octanol–water partition coefficient (Wildman–Crippen LogP) is 19.4. The van der Waals surface area contributed by atoms with Crippen LogP contribution in [-0.4, -0.2) is 37.2 Å². The van der Waals surface area contributed by atoms with E-state index in [1.54, 1.807) is 0 Å². The zero-order chi connectivity index (χ0) is 51.4. The van der Waals surface area contributed by atoms with E-state index in [4.69, 9.17) is 14.2 Å². The average Bonchev–Trinajstić information content (AvgIpc) is 3.37. The quantitative estimate of drug-likeness (QED) is 0.0262. The number of carbonyl (C=O) groups is 3. The second-order valence-electron chi connectivity index (χ2n) is 18.4. The average molecular weight is 982 g/mol. The van der Waals surface area contributed by atoms with Gasteiger partial charge in [-0.2, -0.15) is 0 Å². The molecule has 0 spiro atoms. The van der Waals surface area contributed by atoms with Gasteiger partial charge in [-0.3, -0.25) is 14.4 Å². The van der Waals surface area contributed by atoms with Crippen LogP contribution >= 0.6 is 0 Å². The lowest BCUT2D eigenvalue weighted by Crippen LogP contribution is -2.30. The molecule has 0 aliphatic rings. The largest absolute Gasteiger partial charge is 0.462 e. The highest BCUT2D eigenvalue weighted by Crippen LogP contribution is 2.13. The molecule has 0 aliphatic heterocycles. The second-order valence-corrected chi connectivity index (χ2v) is 18.4. The zero-order valence-corrected chi connectivity index (χ0v) is 45.7. The van der Waals surface area contributed by atoms with Crippen molar-refractivity contribution in [3.63, 3.8) is 0 Å². The molecule has 0 radical (unpaired) electrons. The van der Waals surface area contributed by atoms with Gasteiger partial charge in [0, 0.05) is 19.3 Å². The Labute approximate surface area is 436 Å². The molecule has 71 heavy (non-hydrogen) atoms. The van der Waals surface area contributed by atoms with Gasteiger partial charge >= 0.3 is 17.9 Å². The summed E-state index contributed by atoms with van der Waals surface area (Å²) in [6.07, 6.45) is 81.7. The van der Waals surface area contributed by atoms with Crippen LogP contribution in [0, 0.1) is 0 Å². The van der Waals surface area contributed by atoms with Gasteiger partial charge in [0.1, 0.15) is 13.2 Å². The minimum atomic E-state index is -0.832. The lowest BCUT2D eigenvalue weighted by atomic mass is 10.1. The minimum Gasteiger partial charge on any atom is -0.462 e. The second kappa shape index (κ2) is 58.1. The number of allylic oxidation sites excluding steroid dienone is 22. The third kappa shape index (κ3) is 56.3. The van der Waals surface area contributed by atoms with Gasteiger partial charge in [0.15, 0.2) is 6.10 Å². The summed E-state index contributed by atoms with van der Waals surface area (Å²) in [5.74, 6) is -1.05. The minimum absolute atomic E-state index is 0.125. The fourth-order valence-corrected chi connectivity index (χ4v) is 7.39. The van der Waals surface area contributed by atoms with E-state index in [-0.39, 0.29) is 37.5 Å². The van der Waals surface area contributed by atoms with Gasteiger partial charge in [-0.15, -0.1) is 0 Å². The molecule has 0 rings (SSSR count). The Balaban J connectivity index is 4.58. The molecule has 0 heterocycles. The summed E-state index contributed by atoms with van der Waals surface area (Å²) < 4.78 is 16.8.